The first kappa shape index (κ1) is 17.3. The molecule has 0 radical (unpaired) electrons. The zero-order chi connectivity index (χ0) is 18.6. The lowest BCUT2D eigenvalue weighted by Gasteiger charge is -2.23. The number of nitrogens with zero attached hydrogens (tertiary/aromatic N) is 4. The van der Waals surface area contributed by atoms with Gasteiger partial charge < -0.3 is 8.83 Å². The molecule has 1 amide bonds. The minimum atomic E-state index is -0.357. The average molecular weight is 467 g/mol. The fraction of sp³-hybridized carbons (Fsp3) is 0.412. The Morgan fingerprint density at radius 1 is 1.23 bits per heavy atom. The lowest BCUT2D eigenvalue weighted by molar-refractivity contribution is 0.102. The number of hydrogen-bond donors (Lipinski definition) is 1. The van der Waals surface area contributed by atoms with Crippen molar-refractivity contribution in [1.82, 2.24) is 15.0 Å². The molecule has 1 aliphatic rings. The van der Waals surface area contributed by atoms with Crippen LogP contribution in [0.2, 0.25) is 0 Å². The molecule has 0 saturated heterocycles. The van der Waals surface area contributed by atoms with Crippen LogP contribution < -0.4 is 8.43 Å². The van der Waals surface area contributed by atoms with Crippen molar-refractivity contribution in [2.75, 3.05) is 8.43 Å². The standard InChI is InChI=1S/C17H18IN5O3/c1-8-9(2)26-16(21-8)22-14(24)11-10(3)25-15-12(11)13(19-7-20-15)23(18)17(4)5-6-17/h7H,5-6H2,1-4H3,(H,21,22,24). The van der Waals surface area contributed by atoms with Gasteiger partial charge in [-0.2, -0.15) is 4.98 Å². The van der Waals surface area contributed by atoms with Crippen LogP contribution in [0.5, 0.6) is 0 Å². The molecule has 0 aliphatic heterocycles. The van der Waals surface area contributed by atoms with Gasteiger partial charge in [-0.05, 0) is 40.5 Å². The van der Waals surface area contributed by atoms with Gasteiger partial charge in [0, 0.05) is 5.54 Å². The Balaban J connectivity index is 1.79. The van der Waals surface area contributed by atoms with E-state index in [1.54, 1.807) is 13.8 Å². The van der Waals surface area contributed by atoms with Gasteiger partial charge in [0.1, 0.15) is 17.8 Å². The van der Waals surface area contributed by atoms with Gasteiger partial charge in [0.25, 0.3) is 5.91 Å². The van der Waals surface area contributed by atoms with Crippen LogP contribution in [0.1, 0.15) is 47.3 Å². The highest BCUT2D eigenvalue weighted by molar-refractivity contribution is 14.1. The highest BCUT2D eigenvalue weighted by atomic mass is 127. The Bertz CT molecular complexity index is 1000. The molecule has 1 aliphatic carbocycles. The van der Waals surface area contributed by atoms with Crippen LogP contribution in [-0.2, 0) is 0 Å². The smallest absolute Gasteiger partial charge is 0.302 e. The molecule has 0 atom stereocenters. The Morgan fingerprint density at radius 3 is 2.58 bits per heavy atom. The first-order valence-electron chi connectivity index (χ1n) is 8.25. The summed E-state index contributed by atoms with van der Waals surface area (Å²) in [5.74, 6) is 1.46. The van der Waals surface area contributed by atoms with Crippen LogP contribution >= 0.6 is 22.9 Å². The Hall–Kier alpha value is -2.17. The molecule has 26 heavy (non-hydrogen) atoms. The minimum Gasteiger partial charge on any atom is -0.442 e. The van der Waals surface area contributed by atoms with Crippen molar-refractivity contribution in [3.63, 3.8) is 0 Å². The second kappa shape index (κ2) is 5.93. The van der Waals surface area contributed by atoms with E-state index in [9.17, 15) is 4.79 Å². The van der Waals surface area contributed by atoms with E-state index in [0.717, 1.165) is 18.5 Å². The molecule has 3 heterocycles. The molecule has 0 spiro atoms. The van der Waals surface area contributed by atoms with E-state index in [1.807, 2.05) is 6.92 Å². The Kier molecular flexibility index (Phi) is 3.94. The maximum Gasteiger partial charge on any atom is 0.302 e. The molecule has 0 bridgehead atoms. The van der Waals surface area contributed by atoms with Crippen molar-refractivity contribution in [2.24, 2.45) is 0 Å². The third kappa shape index (κ3) is 2.74. The first-order valence-corrected chi connectivity index (χ1v) is 9.22. The molecule has 4 rings (SSSR count). The highest BCUT2D eigenvalue weighted by Crippen LogP contribution is 2.47. The maximum absolute atomic E-state index is 12.9. The van der Waals surface area contributed by atoms with Crippen molar-refractivity contribution < 1.29 is 13.6 Å². The normalized spacial score (nSPS) is 15.3. The molecular weight excluding hydrogens is 449 g/mol. The van der Waals surface area contributed by atoms with Crippen LogP contribution in [0.15, 0.2) is 15.2 Å². The SMILES string of the molecule is Cc1nc(NC(=O)c2c(C)oc3ncnc(N(I)C4(C)CC4)c23)oc1C. The first-order chi connectivity index (χ1) is 12.3. The van der Waals surface area contributed by atoms with Crippen molar-refractivity contribution in [3.05, 3.63) is 29.1 Å². The molecule has 1 saturated carbocycles. The summed E-state index contributed by atoms with van der Waals surface area (Å²) in [5.41, 5.74) is 1.56. The fourth-order valence-electron chi connectivity index (χ4n) is 2.77. The number of aryl methyl sites for hydroxylation is 3. The molecule has 1 N–H and O–H groups in total. The Labute approximate surface area is 163 Å². The predicted molar refractivity (Wildman–Crippen MR) is 105 cm³/mol. The quantitative estimate of drug-likeness (QED) is 0.456. The summed E-state index contributed by atoms with van der Waals surface area (Å²) in [4.78, 5) is 25.7. The summed E-state index contributed by atoms with van der Waals surface area (Å²) < 4.78 is 13.2. The lowest BCUT2D eigenvalue weighted by atomic mass is 10.1. The summed E-state index contributed by atoms with van der Waals surface area (Å²) in [6, 6.07) is 0.164. The molecule has 3 aromatic rings. The molecule has 3 aromatic heterocycles. The van der Waals surface area contributed by atoms with Gasteiger partial charge in [0.2, 0.25) is 5.71 Å². The maximum atomic E-state index is 12.9. The number of amides is 1. The van der Waals surface area contributed by atoms with Gasteiger partial charge in [-0.1, -0.05) is 0 Å². The van der Waals surface area contributed by atoms with E-state index in [1.165, 1.54) is 6.33 Å². The molecule has 9 heteroatoms. The molecule has 0 aromatic carbocycles. The number of oxazole rings is 1. The largest absolute Gasteiger partial charge is 0.442 e. The van der Waals surface area contributed by atoms with Crippen molar-refractivity contribution in [2.45, 2.75) is 46.1 Å². The van der Waals surface area contributed by atoms with Crippen LogP contribution in [0.3, 0.4) is 0 Å². The van der Waals surface area contributed by atoms with Gasteiger partial charge in [-0.3, -0.25) is 13.2 Å². The Morgan fingerprint density at radius 2 is 1.96 bits per heavy atom. The van der Waals surface area contributed by atoms with E-state index >= 15 is 0 Å². The van der Waals surface area contributed by atoms with Gasteiger partial charge in [0.15, 0.2) is 5.82 Å². The third-order valence-corrected chi connectivity index (χ3v) is 6.38. The van der Waals surface area contributed by atoms with Crippen LogP contribution in [-0.4, -0.2) is 26.4 Å². The number of carbonyl (C=O) groups excluding carboxylic acids is 1. The molecular formula is C17H18IN5O3. The lowest BCUT2D eigenvalue weighted by Crippen LogP contribution is -2.26. The van der Waals surface area contributed by atoms with Gasteiger partial charge in [0.05, 0.1) is 39.5 Å². The fourth-order valence-corrected chi connectivity index (χ4v) is 3.62. The minimum absolute atomic E-state index is 0.0392. The molecule has 1 fully saturated rings. The van der Waals surface area contributed by atoms with E-state index in [2.05, 4.69) is 53.2 Å². The van der Waals surface area contributed by atoms with E-state index in [-0.39, 0.29) is 17.5 Å². The van der Waals surface area contributed by atoms with E-state index in [4.69, 9.17) is 8.83 Å². The van der Waals surface area contributed by atoms with Crippen LogP contribution in [0.25, 0.3) is 11.1 Å². The number of carbonyl (C=O) groups is 1. The van der Waals surface area contributed by atoms with Crippen LogP contribution in [0, 0.1) is 20.8 Å². The van der Waals surface area contributed by atoms with Gasteiger partial charge in [-0.25, -0.2) is 9.97 Å². The van der Waals surface area contributed by atoms with Crippen molar-refractivity contribution >= 4 is 51.7 Å². The van der Waals surface area contributed by atoms with Gasteiger partial charge in [-0.15, -0.1) is 0 Å². The molecule has 0 unspecified atom stereocenters. The number of aromatic nitrogens is 3. The summed E-state index contributed by atoms with van der Waals surface area (Å²) in [6.07, 6.45) is 3.61. The molecule has 136 valence electrons. The number of halogens is 1. The number of rotatable bonds is 4. The number of nitrogens with one attached hydrogen (secondary N) is 1. The van der Waals surface area contributed by atoms with Crippen molar-refractivity contribution in [1.29, 1.82) is 0 Å². The third-order valence-electron chi connectivity index (χ3n) is 4.75. The zero-order valence-electron chi connectivity index (χ0n) is 14.9. The van der Waals surface area contributed by atoms with Crippen LogP contribution in [0.4, 0.5) is 11.8 Å². The summed E-state index contributed by atoms with van der Waals surface area (Å²) in [5, 5.41) is 3.31. The number of furan rings is 1. The van der Waals surface area contributed by atoms with Gasteiger partial charge >= 0.3 is 6.01 Å². The highest BCUT2D eigenvalue weighted by Gasteiger charge is 2.44. The summed E-state index contributed by atoms with van der Waals surface area (Å²) in [6.45, 7) is 7.52. The molecule has 8 nitrogen and oxygen atoms in total. The van der Waals surface area contributed by atoms with Crippen molar-refractivity contribution in [3.8, 4) is 0 Å². The van der Waals surface area contributed by atoms with E-state index < -0.39 is 0 Å². The van der Waals surface area contributed by atoms with E-state index in [0.29, 0.717) is 34.0 Å². The second-order valence-electron chi connectivity index (χ2n) is 6.80. The zero-order valence-corrected chi connectivity index (χ0v) is 17.0. The topological polar surface area (TPSA) is 97.3 Å². The summed E-state index contributed by atoms with van der Waals surface area (Å²) >= 11 is 2.24. The average Bonchev–Trinajstić information content (AvgIpc) is 3.13. The predicted octanol–water partition coefficient (Wildman–Crippen LogP) is 4.10. The summed E-state index contributed by atoms with van der Waals surface area (Å²) in [7, 11) is 0. The number of anilines is 2. The number of fused-ring (bicyclic) bond motifs is 1. The monoisotopic (exact) mass is 467 g/mol. The number of hydrogen-bond acceptors (Lipinski definition) is 7. The second-order valence-corrected chi connectivity index (χ2v) is 7.77.